The van der Waals surface area contributed by atoms with Crippen LogP contribution >= 0.6 is 23.2 Å². The standard InChI is InChI=1S/C25H24Cl2N2O4S/c26-21-11-10-18(16-22(21)27)17-34(31,32)29-14-12-19(13-15-29)25(30)28-23-8-4-5-9-24(23)33-20-6-2-1-3-7-20/h1-11,16,19H,12-15,17H2,(H,28,30). The third-order valence-corrected chi connectivity index (χ3v) is 8.26. The summed E-state index contributed by atoms with van der Waals surface area (Å²) in [4.78, 5) is 12.9. The number of rotatable bonds is 7. The van der Waals surface area contributed by atoms with Gasteiger partial charge in [-0.25, -0.2) is 12.7 Å². The molecule has 0 atom stereocenters. The number of halogens is 2. The molecular weight excluding hydrogens is 495 g/mol. The number of anilines is 1. The molecule has 0 saturated carbocycles. The molecule has 4 rings (SSSR count). The number of nitrogens with zero attached hydrogens (tertiary/aromatic N) is 1. The summed E-state index contributed by atoms with van der Waals surface area (Å²) in [6, 6.07) is 21.4. The minimum Gasteiger partial charge on any atom is -0.455 e. The molecule has 0 aromatic heterocycles. The zero-order valence-corrected chi connectivity index (χ0v) is 20.6. The van der Waals surface area contributed by atoms with E-state index < -0.39 is 10.0 Å². The van der Waals surface area contributed by atoms with Crippen LogP contribution in [0.4, 0.5) is 5.69 Å². The van der Waals surface area contributed by atoms with Gasteiger partial charge in [0, 0.05) is 19.0 Å². The molecule has 0 spiro atoms. The fourth-order valence-electron chi connectivity index (χ4n) is 3.84. The fourth-order valence-corrected chi connectivity index (χ4v) is 5.71. The summed E-state index contributed by atoms with van der Waals surface area (Å²) in [6.07, 6.45) is 0.877. The first-order valence-electron chi connectivity index (χ1n) is 10.9. The van der Waals surface area contributed by atoms with E-state index in [1.165, 1.54) is 4.31 Å². The van der Waals surface area contributed by atoms with Crippen LogP contribution in [0.5, 0.6) is 11.5 Å². The highest BCUT2D eigenvalue weighted by Gasteiger charge is 2.31. The second-order valence-corrected chi connectivity index (χ2v) is 10.9. The molecule has 1 amide bonds. The molecule has 1 fully saturated rings. The van der Waals surface area contributed by atoms with Crippen LogP contribution in [0, 0.1) is 5.92 Å². The number of para-hydroxylation sites is 3. The Bertz CT molecular complexity index is 1260. The van der Waals surface area contributed by atoms with Gasteiger partial charge in [0.25, 0.3) is 0 Å². The van der Waals surface area contributed by atoms with E-state index in [1.54, 1.807) is 30.3 Å². The van der Waals surface area contributed by atoms with Gasteiger partial charge in [-0.2, -0.15) is 0 Å². The van der Waals surface area contributed by atoms with Gasteiger partial charge in [0.2, 0.25) is 15.9 Å². The Morgan fingerprint density at radius 3 is 2.32 bits per heavy atom. The molecule has 1 aliphatic heterocycles. The van der Waals surface area contributed by atoms with Gasteiger partial charge in [-0.1, -0.05) is 59.6 Å². The maximum absolute atomic E-state index is 12.9. The molecule has 1 aliphatic rings. The van der Waals surface area contributed by atoms with Gasteiger partial charge in [0.05, 0.1) is 21.5 Å². The van der Waals surface area contributed by atoms with Gasteiger partial charge in [-0.05, 0) is 54.8 Å². The number of carbonyl (C=O) groups excluding carboxylic acids is 1. The van der Waals surface area contributed by atoms with E-state index in [0.29, 0.717) is 45.6 Å². The topological polar surface area (TPSA) is 75.7 Å². The lowest BCUT2D eigenvalue weighted by Crippen LogP contribution is -2.41. The molecule has 0 radical (unpaired) electrons. The number of sulfonamides is 1. The van der Waals surface area contributed by atoms with Crippen molar-refractivity contribution in [3.8, 4) is 11.5 Å². The fraction of sp³-hybridized carbons (Fsp3) is 0.240. The number of carbonyl (C=O) groups is 1. The average Bonchev–Trinajstić information content (AvgIpc) is 2.83. The van der Waals surface area contributed by atoms with Crippen molar-refractivity contribution in [3.63, 3.8) is 0 Å². The quantitative estimate of drug-likeness (QED) is 0.418. The van der Waals surface area contributed by atoms with E-state index in [0.717, 1.165) is 0 Å². The second kappa shape index (κ2) is 10.8. The van der Waals surface area contributed by atoms with Gasteiger partial charge in [-0.3, -0.25) is 4.79 Å². The molecule has 6 nitrogen and oxygen atoms in total. The number of hydrogen-bond donors (Lipinski definition) is 1. The molecule has 1 heterocycles. The molecule has 9 heteroatoms. The van der Waals surface area contributed by atoms with Crippen molar-refractivity contribution in [2.24, 2.45) is 5.92 Å². The Labute approximate surface area is 209 Å². The third-order valence-electron chi connectivity index (χ3n) is 5.67. The minimum absolute atomic E-state index is 0.148. The number of benzene rings is 3. The lowest BCUT2D eigenvalue weighted by Gasteiger charge is -2.30. The van der Waals surface area contributed by atoms with Crippen LogP contribution in [0.25, 0.3) is 0 Å². The lowest BCUT2D eigenvalue weighted by atomic mass is 9.97. The molecule has 0 aliphatic carbocycles. The molecule has 34 heavy (non-hydrogen) atoms. The zero-order chi connectivity index (χ0) is 24.1. The van der Waals surface area contributed by atoms with E-state index in [-0.39, 0.29) is 30.7 Å². The normalized spacial score (nSPS) is 15.1. The van der Waals surface area contributed by atoms with Crippen LogP contribution < -0.4 is 10.1 Å². The van der Waals surface area contributed by atoms with Crippen LogP contribution in [0.2, 0.25) is 10.0 Å². The number of nitrogens with one attached hydrogen (secondary N) is 1. The van der Waals surface area contributed by atoms with Gasteiger partial charge in [0.15, 0.2) is 5.75 Å². The van der Waals surface area contributed by atoms with Gasteiger partial charge in [0.1, 0.15) is 5.75 Å². The number of piperidine rings is 1. The SMILES string of the molecule is O=C(Nc1ccccc1Oc1ccccc1)C1CCN(S(=O)(=O)Cc2ccc(Cl)c(Cl)c2)CC1. The first kappa shape index (κ1) is 24.5. The highest BCUT2D eigenvalue weighted by molar-refractivity contribution is 7.88. The number of amides is 1. The lowest BCUT2D eigenvalue weighted by molar-refractivity contribution is -0.120. The smallest absolute Gasteiger partial charge is 0.227 e. The van der Waals surface area contributed by atoms with E-state index in [2.05, 4.69) is 5.32 Å². The van der Waals surface area contributed by atoms with E-state index >= 15 is 0 Å². The minimum atomic E-state index is -3.54. The summed E-state index contributed by atoms with van der Waals surface area (Å²) in [7, 11) is -3.54. The van der Waals surface area contributed by atoms with Crippen molar-refractivity contribution in [2.75, 3.05) is 18.4 Å². The summed E-state index contributed by atoms with van der Waals surface area (Å²) in [6.45, 7) is 0.563. The van der Waals surface area contributed by atoms with E-state index in [9.17, 15) is 13.2 Å². The summed E-state index contributed by atoms with van der Waals surface area (Å²) in [5, 5.41) is 3.65. The summed E-state index contributed by atoms with van der Waals surface area (Å²) < 4.78 is 33.1. The second-order valence-electron chi connectivity index (χ2n) is 8.08. The van der Waals surface area contributed by atoms with Crippen LogP contribution in [0.1, 0.15) is 18.4 Å². The maximum atomic E-state index is 12.9. The predicted octanol–water partition coefficient (Wildman–Crippen LogP) is 5.97. The van der Waals surface area contributed by atoms with Crippen LogP contribution in [0.15, 0.2) is 72.8 Å². The Morgan fingerprint density at radius 1 is 0.941 bits per heavy atom. The van der Waals surface area contributed by atoms with Crippen LogP contribution in [0.3, 0.4) is 0 Å². The van der Waals surface area contributed by atoms with Crippen molar-refractivity contribution < 1.29 is 17.9 Å². The Kier molecular flexibility index (Phi) is 7.78. The van der Waals surface area contributed by atoms with Crippen molar-refractivity contribution >= 4 is 44.8 Å². The largest absolute Gasteiger partial charge is 0.455 e. The van der Waals surface area contributed by atoms with Crippen LogP contribution in [-0.4, -0.2) is 31.7 Å². The predicted molar refractivity (Wildman–Crippen MR) is 135 cm³/mol. The van der Waals surface area contributed by atoms with Crippen molar-refractivity contribution in [1.82, 2.24) is 4.31 Å². The Morgan fingerprint density at radius 2 is 1.62 bits per heavy atom. The number of ether oxygens (including phenoxy) is 1. The molecule has 178 valence electrons. The first-order chi connectivity index (χ1) is 16.3. The number of hydrogen-bond acceptors (Lipinski definition) is 4. The van der Waals surface area contributed by atoms with Crippen molar-refractivity contribution in [3.05, 3.63) is 88.4 Å². The van der Waals surface area contributed by atoms with Gasteiger partial charge in [-0.15, -0.1) is 0 Å². The van der Waals surface area contributed by atoms with Gasteiger partial charge >= 0.3 is 0 Å². The molecule has 0 unspecified atom stereocenters. The molecule has 1 N–H and O–H groups in total. The molecule has 3 aromatic rings. The summed E-state index contributed by atoms with van der Waals surface area (Å²) in [5.74, 6) is 0.616. The van der Waals surface area contributed by atoms with Crippen molar-refractivity contribution in [2.45, 2.75) is 18.6 Å². The zero-order valence-electron chi connectivity index (χ0n) is 18.3. The highest BCUT2D eigenvalue weighted by atomic mass is 35.5. The average molecular weight is 519 g/mol. The van der Waals surface area contributed by atoms with E-state index in [4.69, 9.17) is 27.9 Å². The monoisotopic (exact) mass is 518 g/mol. The summed E-state index contributed by atoms with van der Waals surface area (Å²) in [5.41, 5.74) is 1.15. The molecule has 0 bridgehead atoms. The molecular formula is C25H24Cl2N2O4S. The molecule has 1 saturated heterocycles. The van der Waals surface area contributed by atoms with Crippen LogP contribution in [-0.2, 0) is 20.6 Å². The highest BCUT2D eigenvalue weighted by Crippen LogP contribution is 2.31. The maximum Gasteiger partial charge on any atom is 0.227 e. The summed E-state index contributed by atoms with van der Waals surface area (Å²) >= 11 is 11.9. The third kappa shape index (κ3) is 6.10. The van der Waals surface area contributed by atoms with Crippen molar-refractivity contribution in [1.29, 1.82) is 0 Å². The Balaban J connectivity index is 1.35. The first-order valence-corrected chi connectivity index (χ1v) is 13.2. The van der Waals surface area contributed by atoms with Gasteiger partial charge < -0.3 is 10.1 Å². The van der Waals surface area contributed by atoms with E-state index in [1.807, 2.05) is 42.5 Å². The Hall–Kier alpha value is -2.58. The molecule has 3 aromatic carbocycles.